The molecule has 1 heterocycles. The molecule has 0 aliphatic carbocycles. The number of hydrogen-bond donors (Lipinski definition) is 2. The van der Waals surface area contributed by atoms with Crippen LogP contribution >= 0.6 is 0 Å². The number of carbonyl (C=O) groups is 1. The van der Waals surface area contributed by atoms with E-state index in [9.17, 15) is 4.79 Å². The van der Waals surface area contributed by atoms with Crippen LogP contribution in [0.2, 0.25) is 0 Å². The van der Waals surface area contributed by atoms with Crippen molar-refractivity contribution in [3.8, 4) is 0 Å². The molecule has 118 valence electrons. The molecule has 0 saturated heterocycles. The van der Waals surface area contributed by atoms with Crippen LogP contribution in [0.1, 0.15) is 37.6 Å². The van der Waals surface area contributed by atoms with Gasteiger partial charge in [0.15, 0.2) is 0 Å². The minimum atomic E-state index is 0.0313. The minimum Gasteiger partial charge on any atom is -0.342 e. The lowest BCUT2D eigenvalue weighted by molar-refractivity contribution is -0.116. The highest BCUT2D eigenvalue weighted by Crippen LogP contribution is 2.19. The second-order valence-electron chi connectivity index (χ2n) is 6.04. The topological polar surface area (TPSA) is 57.8 Å². The Labute approximate surface area is 136 Å². The number of para-hydroxylation sites is 1. The van der Waals surface area contributed by atoms with E-state index in [-0.39, 0.29) is 5.91 Å². The molecule has 0 radical (unpaired) electrons. The first-order valence-corrected chi connectivity index (χ1v) is 7.95. The Balaban J connectivity index is 1.63. The number of hydrogen-bond acceptors (Lipinski definition) is 2. The lowest BCUT2D eigenvalue weighted by Crippen LogP contribution is -2.12. The van der Waals surface area contributed by atoms with Crippen molar-refractivity contribution in [3.63, 3.8) is 0 Å². The van der Waals surface area contributed by atoms with E-state index in [0.29, 0.717) is 18.8 Å². The second-order valence-corrected chi connectivity index (χ2v) is 6.04. The summed E-state index contributed by atoms with van der Waals surface area (Å²) in [6.45, 7) is 4.24. The van der Waals surface area contributed by atoms with Crippen LogP contribution in [-0.4, -0.2) is 15.9 Å². The van der Waals surface area contributed by atoms with Gasteiger partial charge in [-0.05, 0) is 36.2 Å². The van der Waals surface area contributed by atoms with E-state index in [1.165, 1.54) is 0 Å². The number of benzene rings is 2. The smallest absolute Gasteiger partial charge is 0.224 e. The average Bonchev–Trinajstić information content (AvgIpc) is 2.97. The highest BCUT2D eigenvalue weighted by atomic mass is 16.1. The molecule has 0 atom stereocenters. The number of aromatic amines is 1. The Kier molecular flexibility index (Phi) is 4.42. The fraction of sp³-hybridized carbons (Fsp3) is 0.263. The van der Waals surface area contributed by atoms with Crippen molar-refractivity contribution < 1.29 is 4.79 Å². The summed E-state index contributed by atoms with van der Waals surface area (Å²) in [5, 5.41) is 2.91. The monoisotopic (exact) mass is 307 g/mol. The third-order valence-corrected chi connectivity index (χ3v) is 3.81. The number of nitrogens with zero attached hydrogens (tertiary/aromatic N) is 1. The molecule has 0 aliphatic rings. The Bertz CT molecular complexity index is 806. The van der Waals surface area contributed by atoms with Crippen molar-refractivity contribution in [1.29, 1.82) is 0 Å². The van der Waals surface area contributed by atoms with Gasteiger partial charge in [0.1, 0.15) is 5.82 Å². The Morgan fingerprint density at radius 2 is 1.96 bits per heavy atom. The maximum Gasteiger partial charge on any atom is 0.224 e. The molecule has 0 fully saturated rings. The molecular formula is C19H21N3O. The SMILES string of the molecule is CC(C)c1nc2ccc(CCC(=O)Nc3ccccc3)cc2[nH]1. The van der Waals surface area contributed by atoms with Gasteiger partial charge in [0.05, 0.1) is 11.0 Å². The molecule has 2 N–H and O–H groups in total. The maximum absolute atomic E-state index is 12.0. The fourth-order valence-electron chi connectivity index (χ4n) is 2.51. The van der Waals surface area contributed by atoms with Gasteiger partial charge in [-0.2, -0.15) is 0 Å². The largest absolute Gasteiger partial charge is 0.342 e. The van der Waals surface area contributed by atoms with Crippen LogP contribution in [-0.2, 0) is 11.2 Å². The maximum atomic E-state index is 12.0. The van der Waals surface area contributed by atoms with Crippen molar-refractivity contribution in [2.45, 2.75) is 32.6 Å². The van der Waals surface area contributed by atoms with Gasteiger partial charge in [0.2, 0.25) is 5.91 Å². The molecule has 4 heteroatoms. The van der Waals surface area contributed by atoms with E-state index < -0.39 is 0 Å². The van der Waals surface area contributed by atoms with Crippen LogP contribution in [0.4, 0.5) is 5.69 Å². The van der Waals surface area contributed by atoms with Crippen LogP contribution in [0.25, 0.3) is 11.0 Å². The van der Waals surface area contributed by atoms with Crippen LogP contribution in [0.15, 0.2) is 48.5 Å². The van der Waals surface area contributed by atoms with E-state index in [4.69, 9.17) is 0 Å². The average molecular weight is 307 g/mol. The normalized spacial score (nSPS) is 11.1. The lowest BCUT2D eigenvalue weighted by Gasteiger charge is -2.05. The summed E-state index contributed by atoms with van der Waals surface area (Å²) >= 11 is 0. The van der Waals surface area contributed by atoms with Gasteiger partial charge in [-0.25, -0.2) is 4.98 Å². The van der Waals surface area contributed by atoms with Gasteiger partial charge in [-0.15, -0.1) is 0 Å². The number of imidazole rings is 1. The van der Waals surface area contributed by atoms with E-state index >= 15 is 0 Å². The summed E-state index contributed by atoms with van der Waals surface area (Å²) in [4.78, 5) is 19.9. The highest BCUT2D eigenvalue weighted by molar-refractivity contribution is 5.90. The molecule has 0 aliphatic heterocycles. The summed E-state index contributed by atoms with van der Waals surface area (Å²) in [7, 11) is 0. The predicted molar refractivity (Wildman–Crippen MR) is 93.6 cm³/mol. The highest BCUT2D eigenvalue weighted by Gasteiger charge is 2.08. The van der Waals surface area contributed by atoms with E-state index in [1.807, 2.05) is 42.5 Å². The van der Waals surface area contributed by atoms with E-state index in [2.05, 4.69) is 35.2 Å². The second kappa shape index (κ2) is 6.65. The molecule has 1 amide bonds. The molecule has 3 aromatic rings. The number of amides is 1. The fourth-order valence-corrected chi connectivity index (χ4v) is 2.51. The first kappa shape index (κ1) is 15.3. The van der Waals surface area contributed by atoms with Gasteiger partial charge in [-0.1, -0.05) is 38.1 Å². The van der Waals surface area contributed by atoms with Gasteiger partial charge < -0.3 is 10.3 Å². The van der Waals surface area contributed by atoms with Gasteiger partial charge in [0.25, 0.3) is 0 Å². The molecule has 0 saturated carbocycles. The number of fused-ring (bicyclic) bond motifs is 1. The Hall–Kier alpha value is -2.62. The third-order valence-electron chi connectivity index (χ3n) is 3.81. The van der Waals surface area contributed by atoms with Gasteiger partial charge in [0, 0.05) is 18.0 Å². The van der Waals surface area contributed by atoms with Crippen LogP contribution in [0.5, 0.6) is 0 Å². The summed E-state index contributed by atoms with van der Waals surface area (Å²) < 4.78 is 0. The van der Waals surface area contributed by atoms with E-state index in [0.717, 1.165) is 28.1 Å². The summed E-state index contributed by atoms with van der Waals surface area (Å²) in [6, 6.07) is 15.7. The molecule has 3 rings (SSSR count). The van der Waals surface area contributed by atoms with Crippen LogP contribution < -0.4 is 5.32 Å². The van der Waals surface area contributed by atoms with Crippen molar-refractivity contribution in [1.82, 2.24) is 9.97 Å². The zero-order valence-corrected chi connectivity index (χ0v) is 13.5. The standard InChI is InChI=1S/C19H21N3O/c1-13(2)19-21-16-10-8-14(12-17(16)22-19)9-11-18(23)20-15-6-4-3-5-7-15/h3-8,10,12-13H,9,11H2,1-2H3,(H,20,23)(H,21,22). The molecule has 0 bridgehead atoms. The number of carbonyl (C=O) groups excluding carboxylic acids is 1. The number of anilines is 1. The molecular weight excluding hydrogens is 286 g/mol. The lowest BCUT2D eigenvalue weighted by atomic mass is 10.1. The predicted octanol–water partition coefficient (Wildman–Crippen LogP) is 4.26. The molecule has 0 spiro atoms. The summed E-state index contributed by atoms with van der Waals surface area (Å²) in [6.07, 6.45) is 1.18. The van der Waals surface area contributed by atoms with Crippen LogP contribution in [0.3, 0.4) is 0 Å². The van der Waals surface area contributed by atoms with Crippen molar-refractivity contribution >= 4 is 22.6 Å². The number of nitrogens with one attached hydrogen (secondary N) is 2. The van der Waals surface area contributed by atoms with Crippen LogP contribution in [0, 0.1) is 0 Å². The number of aryl methyl sites for hydroxylation is 1. The summed E-state index contributed by atoms with van der Waals surface area (Å²) in [5.41, 5.74) is 3.99. The molecule has 1 aromatic heterocycles. The zero-order chi connectivity index (χ0) is 16.2. The third kappa shape index (κ3) is 3.77. The zero-order valence-electron chi connectivity index (χ0n) is 13.5. The Morgan fingerprint density at radius 3 is 2.70 bits per heavy atom. The molecule has 23 heavy (non-hydrogen) atoms. The number of aromatic nitrogens is 2. The summed E-state index contributed by atoms with van der Waals surface area (Å²) in [5.74, 6) is 1.41. The van der Waals surface area contributed by atoms with Crippen molar-refractivity contribution in [2.75, 3.05) is 5.32 Å². The molecule has 0 unspecified atom stereocenters. The minimum absolute atomic E-state index is 0.0313. The quantitative estimate of drug-likeness (QED) is 0.740. The number of H-pyrrole nitrogens is 1. The molecule has 2 aromatic carbocycles. The first-order chi connectivity index (χ1) is 11.1. The first-order valence-electron chi connectivity index (χ1n) is 7.95. The van der Waals surface area contributed by atoms with Gasteiger partial charge in [-0.3, -0.25) is 4.79 Å². The van der Waals surface area contributed by atoms with Crippen molar-refractivity contribution in [2.24, 2.45) is 0 Å². The van der Waals surface area contributed by atoms with E-state index in [1.54, 1.807) is 0 Å². The van der Waals surface area contributed by atoms with Crippen molar-refractivity contribution in [3.05, 3.63) is 59.9 Å². The van der Waals surface area contributed by atoms with Gasteiger partial charge >= 0.3 is 0 Å². The number of rotatable bonds is 5. The molecule has 4 nitrogen and oxygen atoms in total. The Morgan fingerprint density at radius 1 is 1.17 bits per heavy atom.